The van der Waals surface area contributed by atoms with Gasteiger partial charge in [0.25, 0.3) is 5.91 Å². The highest BCUT2D eigenvalue weighted by Crippen LogP contribution is 2.23. The highest BCUT2D eigenvalue weighted by molar-refractivity contribution is 7.12. The van der Waals surface area contributed by atoms with Gasteiger partial charge in [0.05, 0.1) is 10.6 Å². The Morgan fingerprint density at radius 3 is 2.59 bits per heavy atom. The van der Waals surface area contributed by atoms with Gasteiger partial charge in [-0.2, -0.15) is 9.61 Å². The summed E-state index contributed by atoms with van der Waals surface area (Å²) >= 11 is 1.41. The number of anilines is 1. The van der Waals surface area contributed by atoms with E-state index in [0.717, 1.165) is 22.5 Å². The average Bonchev–Trinajstić information content (AvgIpc) is 3.45. The lowest BCUT2D eigenvalue weighted by molar-refractivity contribution is 0.103. The van der Waals surface area contributed by atoms with Gasteiger partial charge in [0, 0.05) is 29.2 Å². The van der Waals surface area contributed by atoms with Crippen molar-refractivity contribution in [2.45, 2.75) is 0 Å². The topological polar surface area (TPSA) is 85.1 Å². The molecule has 0 bridgehead atoms. The van der Waals surface area contributed by atoms with Crippen LogP contribution in [-0.4, -0.2) is 30.7 Å². The van der Waals surface area contributed by atoms with Gasteiger partial charge in [-0.05, 0) is 47.8 Å². The summed E-state index contributed by atoms with van der Waals surface area (Å²) in [7, 11) is 0. The number of nitrogens with one attached hydrogen (secondary N) is 1. The summed E-state index contributed by atoms with van der Waals surface area (Å²) in [6.45, 7) is 0. The summed E-state index contributed by atoms with van der Waals surface area (Å²) in [6, 6.07) is 18.8. The van der Waals surface area contributed by atoms with E-state index in [1.165, 1.54) is 11.3 Å². The third-order valence-corrected chi connectivity index (χ3v) is 5.23. The molecule has 0 radical (unpaired) electrons. The molecule has 0 fully saturated rings. The van der Waals surface area contributed by atoms with Gasteiger partial charge in [0.2, 0.25) is 0 Å². The van der Waals surface area contributed by atoms with E-state index in [0.29, 0.717) is 16.3 Å². The van der Waals surface area contributed by atoms with E-state index in [1.807, 2.05) is 60.0 Å². The summed E-state index contributed by atoms with van der Waals surface area (Å²) in [5, 5.41) is 17.9. The van der Waals surface area contributed by atoms with Gasteiger partial charge in [-0.3, -0.25) is 9.78 Å². The molecule has 8 heteroatoms. The molecule has 0 aliphatic rings. The van der Waals surface area contributed by atoms with Crippen molar-refractivity contribution in [3.63, 3.8) is 0 Å². The standard InChI is InChI=1S/C21H14N6OS/c28-21(18-4-2-12-29-18)23-16-7-5-14(6-8-16)17-9-10-19-24-25-20(27(19)26-17)15-3-1-11-22-13-15/h1-13H,(H,23,28). The first-order valence-corrected chi connectivity index (χ1v) is 9.74. The fourth-order valence-electron chi connectivity index (χ4n) is 2.94. The molecule has 0 aliphatic carbocycles. The molecule has 1 N–H and O–H groups in total. The predicted molar refractivity (Wildman–Crippen MR) is 112 cm³/mol. The minimum atomic E-state index is -0.113. The lowest BCUT2D eigenvalue weighted by atomic mass is 10.1. The van der Waals surface area contributed by atoms with Gasteiger partial charge < -0.3 is 5.32 Å². The molecule has 1 aromatic carbocycles. The van der Waals surface area contributed by atoms with E-state index < -0.39 is 0 Å². The maximum Gasteiger partial charge on any atom is 0.265 e. The smallest absolute Gasteiger partial charge is 0.265 e. The minimum Gasteiger partial charge on any atom is -0.321 e. The normalized spacial score (nSPS) is 10.9. The molecule has 4 heterocycles. The number of thiophene rings is 1. The van der Waals surface area contributed by atoms with Crippen molar-refractivity contribution in [1.29, 1.82) is 0 Å². The monoisotopic (exact) mass is 398 g/mol. The van der Waals surface area contributed by atoms with Gasteiger partial charge in [0.15, 0.2) is 11.5 Å². The number of fused-ring (bicyclic) bond motifs is 1. The predicted octanol–water partition coefficient (Wildman–Crippen LogP) is 4.17. The molecule has 0 saturated carbocycles. The highest BCUT2D eigenvalue weighted by Gasteiger charge is 2.11. The number of rotatable bonds is 4. The third-order valence-electron chi connectivity index (χ3n) is 4.37. The van der Waals surface area contributed by atoms with Crippen LogP contribution in [0.25, 0.3) is 28.3 Å². The van der Waals surface area contributed by atoms with Crippen LogP contribution >= 0.6 is 11.3 Å². The average molecular weight is 398 g/mol. The maximum atomic E-state index is 12.2. The van der Waals surface area contributed by atoms with Crippen molar-refractivity contribution in [2.24, 2.45) is 0 Å². The van der Waals surface area contributed by atoms with Crippen LogP contribution in [-0.2, 0) is 0 Å². The van der Waals surface area contributed by atoms with E-state index in [-0.39, 0.29) is 5.91 Å². The Kier molecular flexibility index (Phi) is 4.30. The molecule has 5 aromatic rings. The van der Waals surface area contributed by atoms with Crippen molar-refractivity contribution in [2.75, 3.05) is 5.32 Å². The lowest BCUT2D eigenvalue weighted by Crippen LogP contribution is -2.09. The Morgan fingerprint density at radius 1 is 0.931 bits per heavy atom. The Bertz CT molecular complexity index is 1280. The molecular weight excluding hydrogens is 384 g/mol. The second kappa shape index (κ2) is 7.25. The zero-order valence-electron chi connectivity index (χ0n) is 15.1. The maximum absolute atomic E-state index is 12.2. The van der Waals surface area contributed by atoms with Crippen molar-refractivity contribution in [3.05, 3.63) is 83.3 Å². The van der Waals surface area contributed by atoms with Crippen LogP contribution in [0.5, 0.6) is 0 Å². The van der Waals surface area contributed by atoms with E-state index in [9.17, 15) is 4.79 Å². The molecule has 0 unspecified atom stereocenters. The van der Waals surface area contributed by atoms with Crippen LogP contribution < -0.4 is 5.32 Å². The summed E-state index contributed by atoms with van der Waals surface area (Å²) in [4.78, 5) is 17.0. The first kappa shape index (κ1) is 17.2. The van der Waals surface area contributed by atoms with Crippen molar-refractivity contribution in [3.8, 4) is 22.6 Å². The highest BCUT2D eigenvalue weighted by atomic mass is 32.1. The van der Waals surface area contributed by atoms with Crippen molar-refractivity contribution >= 4 is 28.6 Å². The van der Waals surface area contributed by atoms with Crippen molar-refractivity contribution < 1.29 is 4.79 Å². The third kappa shape index (κ3) is 3.37. The molecular formula is C21H14N6OS. The Morgan fingerprint density at radius 2 is 1.83 bits per heavy atom. The molecule has 0 spiro atoms. The van der Waals surface area contributed by atoms with Crippen LogP contribution in [0.4, 0.5) is 5.69 Å². The number of hydrogen-bond acceptors (Lipinski definition) is 6. The van der Waals surface area contributed by atoms with Gasteiger partial charge in [0.1, 0.15) is 0 Å². The summed E-state index contributed by atoms with van der Waals surface area (Å²) < 4.78 is 1.71. The number of carbonyl (C=O) groups is 1. The number of amides is 1. The lowest BCUT2D eigenvalue weighted by Gasteiger charge is -2.06. The molecule has 5 rings (SSSR count). The molecule has 0 saturated heterocycles. The molecule has 4 aromatic heterocycles. The van der Waals surface area contributed by atoms with Crippen LogP contribution in [0.3, 0.4) is 0 Å². The number of nitrogens with zero attached hydrogens (tertiary/aromatic N) is 5. The van der Waals surface area contributed by atoms with Gasteiger partial charge in [-0.15, -0.1) is 21.5 Å². The molecule has 140 valence electrons. The second-order valence-corrected chi connectivity index (χ2v) is 7.21. The zero-order chi connectivity index (χ0) is 19.6. The van der Waals surface area contributed by atoms with Gasteiger partial charge in [-0.25, -0.2) is 0 Å². The summed E-state index contributed by atoms with van der Waals surface area (Å²) in [5.41, 5.74) is 3.93. The number of carbonyl (C=O) groups excluding carboxylic acids is 1. The molecule has 7 nitrogen and oxygen atoms in total. The Labute approximate surface area is 169 Å². The Hall–Kier alpha value is -3.91. The summed E-state index contributed by atoms with van der Waals surface area (Å²) in [5.74, 6) is 0.521. The molecule has 29 heavy (non-hydrogen) atoms. The second-order valence-electron chi connectivity index (χ2n) is 6.26. The van der Waals surface area contributed by atoms with Crippen molar-refractivity contribution in [1.82, 2.24) is 24.8 Å². The van der Waals surface area contributed by atoms with Crippen LogP contribution in [0, 0.1) is 0 Å². The number of benzene rings is 1. The Balaban J connectivity index is 1.44. The van der Waals surface area contributed by atoms with Crippen LogP contribution in [0.2, 0.25) is 0 Å². The first-order chi connectivity index (χ1) is 14.3. The van der Waals surface area contributed by atoms with E-state index >= 15 is 0 Å². The quantitative estimate of drug-likeness (QED) is 0.491. The fraction of sp³-hybridized carbons (Fsp3) is 0. The first-order valence-electron chi connectivity index (χ1n) is 8.86. The summed E-state index contributed by atoms with van der Waals surface area (Å²) in [6.07, 6.45) is 3.44. The van der Waals surface area contributed by atoms with Gasteiger partial charge in [-0.1, -0.05) is 18.2 Å². The fourth-order valence-corrected chi connectivity index (χ4v) is 3.56. The van der Waals surface area contributed by atoms with Crippen LogP contribution in [0.15, 0.2) is 78.4 Å². The molecule has 0 aliphatic heterocycles. The van der Waals surface area contributed by atoms with Crippen LogP contribution in [0.1, 0.15) is 9.67 Å². The largest absolute Gasteiger partial charge is 0.321 e. The van der Waals surface area contributed by atoms with E-state index in [2.05, 4.69) is 20.5 Å². The SMILES string of the molecule is O=C(Nc1ccc(-c2ccc3nnc(-c4cccnc4)n3n2)cc1)c1cccs1. The minimum absolute atomic E-state index is 0.113. The van der Waals surface area contributed by atoms with E-state index in [4.69, 9.17) is 5.10 Å². The van der Waals surface area contributed by atoms with Gasteiger partial charge >= 0.3 is 0 Å². The number of hydrogen-bond donors (Lipinski definition) is 1. The molecule has 0 atom stereocenters. The zero-order valence-corrected chi connectivity index (χ0v) is 15.9. The number of aromatic nitrogens is 5. The van der Waals surface area contributed by atoms with E-state index in [1.54, 1.807) is 23.0 Å². The number of pyridine rings is 1. The molecule has 1 amide bonds.